The molecule has 0 N–H and O–H groups in total. The molecule has 0 aliphatic heterocycles. The molecule has 0 unspecified atom stereocenters. The van der Waals surface area contributed by atoms with Crippen LogP contribution in [0.2, 0.25) is 0 Å². The van der Waals surface area contributed by atoms with Crippen molar-refractivity contribution >= 4 is 5.65 Å². The zero-order valence-electron chi connectivity index (χ0n) is 10.00. The largest absolute Gasteiger partial charge is 0.298 e. The zero-order chi connectivity index (χ0) is 11.2. The van der Waals surface area contributed by atoms with E-state index in [2.05, 4.69) is 42.1 Å². The van der Waals surface area contributed by atoms with Crippen molar-refractivity contribution in [3.8, 4) is 0 Å². The van der Waals surface area contributed by atoms with Crippen molar-refractivity contribution in [1.82, 2.24) is 14.4 Å². The SMILES string of the molecule is Cc1nc2c(C)ncc(C)n2c1C(C)C. The molecular formula is C12H17N3. The van der Waals surface area contributed by atoms with E-state index in [0.29, 0.717) is 5.92 Å². The van der Waals surface area contributed by atoms with Gasteiger partial charge in [0.1, 0.15) is 0 Å². The van der Waals surface area contributed by atoms with Crippen molar-refractivity contribution in [1.29, 1.82) is 0 Å². The van der Waals surface area contributed by atoms with Crippen LogP contribution >= 0.6 is 0 Å². The second kappa shape index (κ2) is 3.33. The van der Waals surface area contributed by atoms with Crippen molar-refractivity contribution in [2.24, 2.45) is 0 Å². The Bertz CT molecular complexity index is 509. The Morgan fingerprint density at radius 3 is 2.40 bits per heavy atom. The van der Waals surface area contributed by atoms with E-state index in [9.17, 15) is 0 Å². The number of aryl methyl sites for hydroxylation is 3. The zero-order valence-corrected chi connectivity index (χ0v) is 10.00. The lowest BCUT2D eigenvalue weighted by Gasteiger charge is -2.09. The highest BCUT2D eigenvalue weighted by atomic mass is 15.1. The van der Waals surface area contributed by atoms with Gasteiger partial charge in [-0.3, -0.25) is 9.38 Å². The van der Waals surface area contributed by atoms with Crippen LogP contribution < -0.4 is 0 Å². The Balaban J connectivity index is 2.92. The molecule has 0 saturated carbocycles. The van der Waals surface area contributed by atoms with Gasteiger partial charge in [0.25, 0.3) is 0 Å². The molecule has 0 aliphatic carbocycles. The fourth-order valence-corrected chi connectivity index (χ4v) is 2.12. The van der Waals surface area contributed by atoms with Crippen molar-refractivity contribution in [3.05, 3.63) is 29.0 Å². The summed E-state index contributed by atoms with van der Waals surface area (Å²) in [6.07, 6.45) is 1.91. The highest BCUT2D eigenvalue weighted by molar-refractivity contribution is 5.48. The number of rotatable bonds is 1. The lowest BCUT2D eigenvalue weighted by atomic mass is 10.1. The van der Waals surface area contributed by atoms with Crippen LogP contribution in [0, 0.1) is 20.8 Å². The lowest BCUT2D eigenvalue weighted by Crippen LogP contribution is -2.02. The van der Waals surface area contributed by atoms with Gasteiger partial charge in [-0.05, 0) is 26.7 Å². The van der Waals surface area contributed by atoms with E-state index in [1.807, 2.05) is 13.1 Å². The highest BCUT2D eigenvalue weighted by Crippen LogP contribution is 2.22. The Morgan fingerprint density at radius 2 is 1.80 bits per heavy atom. The van der Waals surface area contributed by atoms with Gasteiger partial charge in [0.05, 0.1) is 11.4 Å². The van der Waals surface area contributed by atoms with E-state index >= 15 is 0 Å². The average molecular weight is 203 g/mol. The van der Waals surface area contributed by atoms with Crippen molar-refractivity contribution in [2.45, 2.75) is 40.5 Å². The Labute approximate surface area is 90.2 Å². The minimum absolute atomic E-state index is 0.487. The number of nitrogens with zero attached hydrogens (tertiary/aromatic N) is 3. The van der Waals surface area contributed by atoms with Gasteiger partial charge in [0.2, 0.25) is 0 Å². The molecule has 0 bridgehead atoms. The van der Waals surface area contributed by atoms with Crippen LogP contribution in [0.3, 0.4) is 0 Å². The summed E-state index contributed by atoms with van der Waals surface area (Å²) >= 11 is 0. The Morgan fingerprint density at radius 1 is 1.13 bits per heavy atom. The summed E-state index contributed by atoms with van der Waals surface area (Å²) < 4.78 is 2.22. The molecule has 2 aromatic heterocycles. The van der Waals surface area contributed by atoms with Crippen molar-refractivity contribution in [3.63, 3.8) is 0 Å². The molecule has 2 aromatic rings. The second-order valence-electron chi connectivity index (χ2n) is 4.38. The number of hydrogen-bond acceptors (Lipinski definition) is 2. The van der Waals surface area contributed by atoms with Crippen LogP contribution in [0.25, 0.3) is 5.65 Å². The summed E-state index contributed by atoms with van der Waals surface area (Å²) in [4.78, 5) is 8.93. The van der Waals surface area contributed by atoms with Crippen LogP contribution in [0.4, 0.5) is 0 Å². The van der Waals surface area contributed by atoms with Gasteiger partial charge >= 0.3 is 0 Å². The lowest BCUT2D eigenvalue weighted by molar-refractivity contribution is 0.786. The second-order valence-corrected chi connectivity index (χ2v) is 4.38. The minimum atomic E-state index is 0.487. The summed E-state index contributed by atoms with van der Waals surface area (Å²) in [5.41, 5.74) is 5.56. The molecule has 0 aromatic carbocycles. The monoisotopic (exact) mass is 203 g/mol. The highest BCUT2D eigenvalue weighted by Gasteiger charge is 2.14. The van der Waals surface area contributed by atoms with E-state index in [-0.39, 0.29) is 0 Å². The summed E-state index contributed by atoms with van der Waals surface area (Å²) in [6, 6.07) is 0. The molecule has 0 saturated heterocycles. The molecule has 2 heterocycles. The van der Waals surface area contributed by atoms with E-state index < -0.39 is 0 Å². The molecule has 0 radical (unpaired) electrons. The first-order valence-electron chi connectivity index (χ1n) is 5.33. The third kappa shape index (κ3) is 1.42. The molecule has 3 heteroatoms. The first-order valence-corrected chi connectivity index (χ1v) is 5.33. The van der Waals surface area contributed by atoms with Crippen LogP contribution in [0.1, 0.15) is 42.5 Å². The molecule has 0 amide bonds. The summed E-state index contributed by atoms with van der Waals surface area (Å²) in [5, 5.41) is 0. The predicted molar refractivity (Wildman–Crippen MR) is 61.3 cm³/mol. The van der Waals surface area contributed by atoms with Gasteiger partial charge < -0.3 is 0 Å². The number of hydrogen-bond donors (Lipinski definition) is 0. The van der Waals surface area contributed by atoms with E-state index in [0.717, 1.165) is 22.7 Å². The van der Waals surface area contributed by atoms with E-state index in [1.54, 1.807) is 0 Å². The van der Waals surface area contributed by atoms with E-state index in [4.69, 9.17) is 0 Å². The molecule has 80 valence electrons. The normalized spacial score (nSPS) is 11.6. The Hall–Kier alpha value is -1.38. The van der Waals surface area contributed by atoms with Gasteiger partial charge in [-0.2, -0.15) is 0 Å². The van der Waals surface area contributed by atoms with Gasteiger partial charge in [-0.15, -0.1) is 0 Å². The van der Waals surface area contributed by atoms with Crippen molar-refractivity contribution < 1.29 is 0 Å². The number of aromatic nitrogens is 3. The Kier molecular flexibility index (Phi) is 2.25. The molecular weight excluding hydrogens is 186 g/mol. The standard InChI is InChI=1S/C12H17N3/c1-7(2)11-9(4)14-12-10(5)13-6-8(3)15(11)12/h6-7H,1-5H3. The van der Waals surface area contributed by atoms with E-state index in [1.165, 1.54) is 5.69 Å². The summed E-state index contributed by atoms with van der Waals surface area (Å²) in [5.74, 6) is 0.487. The molecule has 0 aliphatic rings. The summed E-state index contributed by atoms with van der Waals surface area (Å²) in [6.45, 7) is 10.6. The maximum Gasteiger partial charge on any atom is 0.158 e. The van der Waals surface area contributed by atoms with Gasteiger partial charge in [0, 0.05) is 17.6 Å². The van der Waals surface area contributed by atoms with Gasteiger partial charge in [-0.25, -0.2) is 4.98 Å². The summed E-state index contributed by atoms with van der Waals surface area (Å²) in [7, 11) is 0. The first kappa shape index (κ1) is 10.1. The molecule has 0 atom stereocenters. The van der Waals surface area contributed by atoms with Crippen LogP contribution in [-0.4, -0.2) is 14.4 Å². The first-order chi connectivity index (χ1) is 7.02. The quantitative estimate of drug-likeness (QED) is 0.713. The molecule has 2 rings (SSSR count). The maximum atomic E-state index is 4.60. The average Bonchev–Trinajstić information content (AvgIpc) is 2.50. The maximum absolute atomic E-state index is 4.60. The molecule has 0 fully saturated rings. The number of fused-ring (bicyclic) bond motifs is 1. The van der Waals surface area contributed by atoms with Crippen LogP contribution in [0.5, 0.6) is 0 Å². The fourth-order valence-electron chi connectivity index (χ4n) is 2.12. The van der Waals surface area contributed by atoms with Crippen LogP contribution in [-0.2, 0) is 0 Å². The van der Waals surface area contributed by atoms with Gasteiger partial charge in [-0.1, -0.05) is 13.8 Å². The third-order valence-corrected chi connectivity index (χ3v) is 2.77. The molecule has 3 nitrogen and oxygen atoms in total. The molecule has 15 heavy (non-hydrogen) atoms. The predicted octanol–water partition coefficient (Wildman–Crippen LogP) is 2.78. The van der Waals surface area contributed by atoms with Gasteiger partial charge in [0.15, 0.2) is 5.65 Å². The smallest absolute Gasteiger partial charge is 0.158 e. The third-order valence-electron chi connectivity index (χ3n) is 2.77. The number of imidazole rings is 1. The topological polar surface area (TPSA) is 30.2 Å². The van der Waals surface area contributed by atoms with Crippen LogP contribution in [0.15, 0.2) is 6.20 Å². The molecule has 0 spiro atoms. The van der Waals surface area contributed by atoms with Crippen molar-refractivity contribution in [2.75, 3.05) is 0 Å². The fraction of sp³-hybridized carbons (Fsp3) is 0.500. The minimum Gasteiger partial charge on any atom is -0.298 e.